The van der Waals surface area contributed by atoms with Crippen LogP contribution in [0.15, 0.2) is 87.8 Å². The molecule has 5 rings (SSSR count). The van der Waals surface area contributed by atoms with Crippen LogP contribution in [0.5, 0.6) is 0 Å². The number of benzene rings is 4. The van der Waals surface area contributed by atoms with Crippen molar-refractivity contribution in [3.05, 3.63) is 83.3 Å². The minimum absolute atomic E-state index is 0.918. The maximum Gasteiger partial charge on any atom is 0.144 e. The second kappa shape index (κ2) is 5.22. The van der Waals surface area contributed by atoms with Gasteiger partial charge in [0, 0.05) is 20.8 Å². The summed E-state index contributed by atoms with van der Waals surface area (Å²) in [6.07, 6.45) is 0. The van der Waals surface area contributed by atoms with E-state index in [1.54, 1.807) is 0 Å². The highest BCUT2D eigenvalue weighted by atomic mass is 79.9. The highest BCUT2D eigenvalue weighted by molar-refractivity contribution is 9.10. The quantitative estimate of drug-likeness (QED) is 0.304. The van der Waals surface area contributed by atoms with E-state index >= 15 is 0 Å². The summed E-state index contributed by atoms with van der Waals surface area (Å²) in [7, 11) is 0. The highest BCUT2D eigenvalue weighted by Crippen LogP contribution is 2.40. The van der Waals surface area contributed by atoms with E-state index in [9.17, 15) is 0 Å². The van der Waals surface area contributed by atoms with Crippen molar-refractivity contribution >= 4 is 48.6 Å². The van der Waals surface area contributed by atoms with Crippen molar-refractivity contribution in [2.24, 2.45) is 0 Å². The van der Waals surface area contributed by atoms with E-state index in [1.807, 2.05) is 18.2 Å². The van der Waals surface area contributed by atoms with E-state index in [0.29, 0.717) is 0 Å². The Bertz CT molecular complexity index is 1220. The van der Waals surface area contributed by atoms with Gasteiger partial charge in [-0.1, -0.05) is 70.5 Å². The van der Waals surface area contributed by atoms with Gasteiger partial charge in [-0.05, 0) is 40.6 Å². The first-order valence-corrected chi connectivity index (χ1v) is 8.69. The van der Waals surface area contributed by atoms with Gasteiger partial charge in [0.25, 0.3) is 0 Å². The molecule has 0 bridgehead atoms. The first-order valence-electron chi connectivity index (χ1n) is 7.90. The fraction of sp³-hybridized carbons (Fsp3) is 0. The molecular formula is C22H13BrO. The Hall–Kier alpha value is -2.58. The van der Waals surface area contributed by atoms with E-state index in [-0.39, 0.29) is 0 Å². The molecule has 0 saturated carbocycles. The number of para-hydroxylation sites is 1. The van der Waals surface area contributed by atoms with Gasteiger partial charge in [0.2, 0.25) is 0 Å². The fourth-order valence-corrected chi connectivity index (χ4v) is 3.90. The summed E-state index contributed by atoms with van der Waals surface area (Å²) in [5.41, 5.74) is 4.14. The monoisotopic (exact) mass is 372 g/mol. The predicted molar refractivity (Wildman–Crippen MR) is 104 cm³/mol. The van der Waals surface area contributed by atoms with Gasteiger partial charge in [0.05, 0.1) is 0 Å². The first kappa shape index (κ1) is 13.8. The Labute approximate surface area is 147 Å². The lowest BCUT2D eigenvalue weighted by atomic mass is 9.99. The van der Waals surface area contributed by atoms with Crippen molar-refractivity contribution in [3.63, 3.8) is 0 Å². The Morgan fingerprint density at radius 1 is 0.708 bits per heavy atom. The zero-order valence-corrected chi connectivity index (χ0v) is 14.4. The van der Waals surface area contributed by atoms with Crippen LogP contribution in [0, 0.1) is 0 Å². The maximum atomic E-state index is 6.20. The molecule has 0 atom stereocenters. The van der Waals surface area contributed by atoms with Crippen LogP contribution >= 0.6 is 15.9 Å². The third kappa shape index (κ3) is 2.00. The molecule has 1 nitrogen and oxygen atoms in total. The van der Waals surface area contributed by atoms with Crippen molar-refractivity contribution in [2.45, 2.75) is 0 Å². The average Bonchev–Trinajstić information content (AvgIpc) is 3.02. The molecule has 4 aromatic carbocycles. The van der Waals surface area contributed by atoms with E-state index in [1.165, 1.54) is 16.3 Å². The van der Waals surface area contributed by atoms with E-state index in [4.69, 9.17) is 4.42 Å². The van der Waals surface area contributed by atoms with E-state index in [0.717, 1.165) is 32.0 Å². The number of hydrogen-bond donors (Lipinski definition) is 0. The number of fused-ring (bicyclic) bond motifs is 4. The lowest BCUT2D eigenvalue weighted by Gasteiger charge is -2.06. The second-order valence-electron chi connectivity index (χ2n) is 5.96. The van der Waals surface area contributed by atoms with E-state index in [2.05, 4.69) is 76.6 Å². The molecule has 0 spiro atoms. The van der Waals surface area contributed by atoms with Gasteiger partial charge in [-0.2, -0.15) is 0 Å². The van der Waals surface area contributed by atoms with Gasteiger partial charge in [-0.25, -0.2) is 0 Å². The molecule has 2 heteroatoms. The van der Waals surface area contributed by atoms with Crippen LogP contribution in [-0.4, -0.2) is 0 Å². The molecule has 0 aliphatic carbocycles. The van der Waals surface area contributed by atoms with Crippen LogP contribution in [0.4, 0.5) is 0 Å². The summed E-state index contributed by atoms with van der Waals surface area (Å²) in [6.45, 7) is 0. The largest absolute Gasteiger partial charge is 0.455 e. The van der Waals surface area contributed by atoms with E-state index < -0.39 is 0 Å². The molecule has 0 aliphatic heterocycles. The Morgan fingerprint density at radius 3 is 2.42 bits per heavy atom. The fourth-order valence-electron chi connectivity index (χ4n) is 3.37. The summed E-state index contributed by atoms with van der Waals surface area (Å²) in [6, 6.07) is 27.4. The topological polar surface area (TPSA) is 13.1 Å². The van der Waals surface area contributed by atoms with Crippen molar-refractivity contribution in [1.29, 1.82) is 0 Å². The zero-order valence-electron chi connectivity index (χ0n) is 12.8. The molecule has 5 aromatic rings. The summed E-state index contributed by atoms with van der Waals surface area (Å²) in [4.78, 5) is 0. The maximum absolute atomic E-state index is 6.20. The lowest BCUT2D eigenvalue weighted by molar-refractivity contribution is 0.670. The highest BCUT2D eigenvalue weighted by Gasteiger charge is 2.14. The number of rotatable bonds is 1. The summed E-state index contributed by atoms with van der Waals surface area (Å²) in [5, 5.41) is 4.76. The number of halogens is 1. The standard InChI is InChI=1S/C22H13BrO/c23-19-12-11-17(16-10-9-14-5-1-2-6-15(14)13-16)22-21(19)18-7-3-4-8-20(18)24-22/h1-13H. The molecule has 114 valence electrons. The SMILES string of the molecule is Brc1ccc(-c2ccc3ccccc3c2)c2oc3ccccc3c12. The minimum Gasteiger partial charge on any atom is -0.455 e. The molecular weight excluding hydrogens is 360 g/mol. The molecule has 0 N–H and O–H groups in total. The van der Waals surface area contributed by atoms with Gasteiger partial charge in [-0.3, -0.25) is 0 Å². The second-order valence-corrected chi connectivity index (χ2v) is 6.81. The zero-order chi connectivity index (χ0) is 16.1. The molecule has 0 fully saturated rings. The van der Waals surface area contributed by atoms with Crippen LogP contribution in [0.3, 0.4) is 0 Å². The predicted octanol–water partition coefficient (Wildman–Crippen LogP) is 7.17. The van der Waals surface area contributed by atoms with Crippen molar-refractivity contribution in [3.8, 4) is 11.1 Å². The third-order valence-corrected chi connectivity index (χ3v) is 5.20. The summed E-state index contributed by atoms with van der Waals surface area (Å²) in [5.74, 6) is 0. The lowest BCUT2D eigenvalue weighted by Crippen LogP contribution is -1.81. The van der Waals surface area contributed by atoms with Gasteiger partial charge in [-0.15, -0.1) is 0 Å². The van der Waals surface area contributed by atoms with Crippen LogP contribution in [-0.2, 0) is 0 Å². The van der Waals surface area contributed by atoms with Crippen molar-refractivity contribution < 1.29 is 4.42 Å². The molecule has 1 heterocycles. The molecule has 1 aromatic heterocycles. The number of hydrogen-bond acceptors (Lipinski definition) is 1. The minimum atomic E-state index is 0.918. The smallest absolute Gasteiger partial charge is 0.144 e. The van der Waals surface area contributed by atoms with Gasteiger partial charge in [0.15, 0.2) is 0 Å². The van der Waals surface area contributed by atoms with Crippen molar-refractivity contribution in [2.75, 3.05) is 0 Å². The molecule has 0 saturated heterocycles. The number of furan rings is 1. The van der Waals surface area contributed by atoms with Gasteiger partial charge >= 0.3 is 0 Å². The van der Waals surface area contributed by atoms with Crippen LogP contribution < -0.4 is 0 Å². The third-order valence-electron chi connectivity index (χ3n) is 4.54. The average molecular weight is 373 g/mol. The molecule has 0 amide bonds. The van der Waals surface area contributed by atoms with Crippen LogP contribution in [0.2, 0.25) is 0 Å². The summed E-state index contributed by atoms with van der Waals surface area (Å²) < 4.78 is 7.26. The Balaban J connectivity index is 1.87. The van der Waals surface area contributed by atoms with Gasteiger partial charge in [0.1, 0.15) is 11.2 Å². The van der Waals surface area contributed by atoms with Crippen LogP contribution in [0.25, 0.3) is 43.8 Å². The van der Waals surface area contributed by atoms with Crippen molar-refractivity contribution in [1.82, 2.24) is 0 Å². The molecule has 0 unspecified atom stereocenters. The Kier molecular flexibility index (Phi) is 3.00. The molecule has 0 aliphatic rings. The van der Waals surface area contributed by atoms with Gasteiger partial charge < -0.3 is 4.42 Å². The molecule has 0 radical (unpaired) electrons. The first-order chi connectivity index (χ1) is 11.8. The molecule has 24 heavy (non-hydrogen) atoms. The Morgan fingerprint density at radius 2 is 1.50 bits per heavy atom. The normalized spacial score (nSPS) is 11.5. The summed E-state index contributed by atoms with van der Waals surface area (Å²) >= 11 is 3.68. The van der Waals surface area contributed by atoms with Crippen LogP contribution in [0.1, 0.15) is 0 Å².